The lowest BCUT2D eigenvalue weighted by atomic mass is 9.73. The largest absolute Gasteiger partial charge is 0.330 e. The molecular weight excluding hydrogens is 302 g/mol. The molecule has 132 valence electrons. The van der Waals surface area contributed by atoms with E-state index >= 15 is 0 Å². The zero-order chi connectivity index (χ0) is 17.5. The van der Waals surface area contributed by atoms with Crippen LogP contribution in [0.25, 0.3) is 0 Å². The molecule has 0 radical (unpaired) electrons. The summed E-state index contributed by atoms with van der Waals surface area (Å²) in [6.07, 6.45) is 5.56. The molecule has 1 rings (SSSR count). The molecule has 0 aliphatic rings. The van der Waals surface area contributed by atoms with Crippen LogP contribution >= 0.6 is 11.6 Å². The van der Waals surface area contributed by atoms with Crippen molar-refractivity contribution in [2.75, 3.05) is 6.54 Å². The van der Waals surface area contributed by atoms with Gasteiger partial charge in [-0.3, -0.25) is 0 Å². The van der Waals surface area contributed by atoms with Gasteiger partial charge >= 0.3 is 0 Å². The third-order valence-corrected chi connectivity index (χ3v) is 5.61. The quantitative estimate of drug-likeness (QED) is 0.502. The van der Waals surface area contributed by atoms with Crippen LogP contribution in [0.2, 0.25) is 0 Å². The maximum Gasteiger partial charge on any atom is 0.0341 e. The first kappa shape index (κ1) is 20.5. The van der Waals surface area contributed by atoms with Gasteiger partial charge in [0.15, 0.2) is 0 Å². The standard InChI is InChI=1S/C21H36ClN/c1-6-17(14-16(3)12-13-23)19-10-8-9-11-20(19)21(4,5)15-18(22)7-2/h8-11,16-18H,6-7,12-15,23H2,1-5H3. The fourth-order valence-electron chi connectivity index (χ4n) is 3.68. The van der Waals surface area contributed by atoms with E-state index in [-0.39, 0.29) is 10.8 Å². The molecule has 1 aromatic rings. The lowest BCUT2D eigenvalue weighted by Gasteiger charge is -2.32. The molecule has 0 saturated carbocycles. The highest BCUT2D eigenvalue weighted by Crippen LogP contribution is 2.39. The van der Waals surface area contributed by atoms with Crippen LogP contribution in [0.1, 0.15) is 83.8 Å². The van der Waals surface area contributed by atoms with E-state index in [0.717, 1.165) is 25.8 Å². The number of rotatable bonds is 10. The average Bonchev–Trinajstić information content (AvgIpc) is 2.52. The van der Waals surface area contributed by atoms with E-state index in [1.165, 1.54) is 24.0 Å². The molecule has 2 N–H and O–H groups in total. The molecule has 0 aromatic heterocycles. The molecule has 0 spiro atoms. The SMILES string of the molecule is CCC(Cl)CC(C)(C)c1ccccc1C(CC)CC(C)CCN. The summed E-state index contributed by atoms with van der Waals surface area (Å²) in [5.74, 6) is 1.29. The summed E-state index contributed by atoms with van der Waals surface area (Å²) in [7, 11) is 0. The maximum atomic E-state index is 6.48. The van der Waals surface area contributed by atoms with Crippen molar-refractivity contribution in [3.8, 4) is 0 Å². The van der Waals surface area contributed by atoms with E-state index in [1.54, 1.807) is 0 Å². The summed E-state index contributed by atoms with van der Waals surface area (Å²) in [6.45, 7) is 12.3. The average molecular weight is 338 g/mol. The Morgan fingerprint density at radius 3 is 2.35 bits per heavy atom. The van der Waals surface area contributed by atoms with Gasteiger partial charge in [-0.2, -0.15) is 0 Å². The molecule has 0 bridgehead atoms. The molecule has 0 fully saturated rings. The predicted octanol–water partition coefficient (Wildman–Crippen LogP) is 6.24. The molecule has 3 atom stereocenters. The Hall–Kier alpha value is -0.530. The van der Waals surface area contributed by atoms with Gasteiger partial charge in [0.1, 0.15) is 0 Å². The van der Waals surface area contributed by atoms with Crippen LogP contribution in [-0.4, -0.2) is 11.9 Å². The van der Waals surface area contributed by atoms with Crippen molar-refractivity contribution in [2.45, 2.75) is 83.4 Å². The van der Waals surface area contributed by atoms with Gasteiger partial charge in [-0.1, -0.05) is 58.9 Å². The molecule has 0 amide bonds. The summed E-state index contributed by atoms with van der Waals surface area (Å²) < 4.78 is 0. The van der Waals surface area contributed by atoms with Crippen LogP contribution in [0.3, 0.4) is 0 Å². The Morgan fingerprint density at radius 2 is 1.78 bits per heavy atom. The Bertz CT molecular complexity index is 455. The Balaban J connectivity index is 3.07. The second-order valence-electron chi connectivity index (χ2n) is 7.70. The highest BCUT2D eigenvalue weighted by molar-refractivity contribution is 6.20. The first-order chi connectivity index (χ1) is 10.9. The monoisotopic (exact) mass is 337 g/mol. The van der Waals surface area contributed by atoms with Gasteiger partial charge in [-0.15, -0.1) is 11.6 Å². The fourth-order valence-corrected chi connectivity index (χ4v) is 4.06. The van der Waals surface area contributed by atoms with Crippen LogP contribution in [0, 0.1) is 5.92 Å². The smallest absolute Gasteiger partial charge is 0.0341 e. The summed E-state index contributed by atoms with van der Waals surface area (Å²) in [4.78, 5) is 0. The molecule has 1 nitrogen and oxygen atoms in total. The zero-order valence-electron chi connectivity index (χ0n) is 15.7. The molecular formula is C21H36ClN. The molecule has 0 saturated heterocycles. The van der Waals surface area contributed by atoms with Gasteiger partial charge in [0.25, 0.3) is 0 Å². The number of alkyl halides is 1. The number of hydrogen-bond donors (Lipinski definition) is 1. The van der Waals surface area contributed by atoms with Crippen molar-refractivity contribution in [3.05, 3.63) is 35.4 Å². The summed E-state index contributed by atoms with van der Waals surface area (Å²) in [6, 6.07) is 9.00. The third kappa shape index (κ3) is 6.12. The molecule has 0 heterocycles. The second kappa shape index (κ2) is 9.69. The van der Waals surface area contributed by atoms with Crippen molar-refractivity contribution in [2.24, 2.45) is 11.7 Å². The van der Waals surface area contributed by atoms with Gasteiger partial charge in [-0.25, -0.2) is 0 Å². The van der Waals surface area contributed by atoms with Crippen molar-refractivity contribution in [1.82, 2.24) is 0 Å². The van der Waals surface area contributed by atoms with E-state index in [1.807, 2.05) is 0 Å². The minimum atomic E-state index is 0.115. The van der Waals surface area contributed by atoms with Crippen molar-refractivity contribution < 1.29 is 0 Å². The minimum Gasteiger partial charge on any atom is -0.330 e. The van der Waals surface area contributed by atoms with E-state index < -0.39 is 0 Å². The summed E-state index contributed by atoms with van der Waals surface area (Å²) in [5, 5.41) is 0.245. The molecule has 1 aromatic carbocycles. The van der Waals surface area contributed by atoms with Gasteiger partial charge in [0, 0.05) is 5.38 Å². The van der Waals surface area contributed by atoms with Crippen molar-refractivity contribution in [1.29, 1.82) is 0 Å². The van der Waals surface area contributed by atoms with E-state index in [9.17, 15) is 0 Å². The van der Waals surface area contributed by atoms with Crippen LogP contribution in [0.15, 0.2) is 24.3 Å². The third-order valence-electron chi connectivity index (χ3n) is 5.14. The lowest BCUT2D eigenvalue weighted by Crippen LogP contribution is -2.24. The van der Waals surface area contributed by atoms with Crippen molar-refractivity contribution >= 4 is 11.6 Å². The number of nitrogens with two attached hydrogens (primary N) is 1. The Labute approximate surface area is 149 Å². The predicted molar refractivity (Wildman–Crippen MR) is 105 cm³/mol. The summed E-state index contributed by atoms with van der Waals surface area (Å²) in [5.41, 5.74) is 8.85. The van der Waals surface area contributed by atoms with Crippen molar-refractivity contribution in [3.63, 3.8) is 0 Å². The fraction of sp³-hybridized carbons (Fsp3) is 0.714. The topological polar surface area (TPSA) is 26.0 Å². The lowest BCUT2D eigenvalue weighted by molar-refractivity contribution is 0.418. The Kier molecular flexibility index (Phi) is 8.64. The first-order valence-electron chi connectivity index (χ1n) is 9.29. The van der Waals surface area contributed by atoms with Crippen LogP contribution < -0.4 is 5.73 Å². The highest BCUT2D eigenvalue weighted by atomic mass is 35.5. The minimum absolute atomic E-state index is 0.115. The molecule has 0 aliphatic heterocycles. The highest BCUT2D eigenvalue weighted by Gasteiger charge is 2.28. The van der Waals surface area contributed by atoms with E-state index in [4.69, 9.17) is 17.3 Å². The molecule has 0 aliphatic carbocycles. The number of hydrogen-bond acceptors (Lipinski definition) is 1. The number of benzene rings is 1. The Morgan fingerprint density at radius 1 is 1.13 bits per heavy atom. The second-order valence-corrected chi connectivity index (χ2v) is 8.32. The summed E-state index contributed by atoms with van der Waals surface area (Å²) >= 11 is 6.48. The molecule has 2 heteroatoms. The first-order valence-corrected chi connectivity index (χ1v) is 9.72. The van der Waals surface area contributed by atoms with Gasteiger partial charge < -0.3 is 5.73 Å². The van der Waals surface area contributed by atoms with Crippen LogP contribution in [0.5, 0.6) is 0 Å². The van der Waals surface area contributed by atoms with Gasteiger partial charge in [0.2, 0.25) is 0 Å². The maximum absolute atomic E-state index is 6.48. The van der Waals surface area contributed by atoms with Crippen LogP contribution in [0.4, 0.5) is 0 Å². The molecule has 23 heavy (non-hydrogen) atoms. The zero-order valence-corrected chi connectivity index (χ0v) is 16.5. The molecule has 3 unspecified atom stereocenters. The van der Waals surface area contributed by atoms with Crippen LogP contribution in [-0.2, 0) is 5.41 Å². The van der Waals surface area contributed by atoms with E-state index in [0.29, 0.717) is 11.8 Å². The van der Waals surface area contributed by atoms with Gasteiger partial charge in [-0.05, 0) is 67.0 Å². The number of halogens is 1. The normalized spacial score (nSPS) is 16.1. The van der Waals surface area contributed by atoms with Gasteiger partial charge in [0.05, 0.1) is 0 Å². The van der Waals surface area contributed by atoms with E-state index in [2.05, 4.69) is 58.9 Å².